The van der Waals surface area contributed by atoms with Crippen molar-refractivity contribution in [2.24, 2.45) is 23.7 Å². The minimum Gasteiger partial charge on any atom is -0.281 e. The molecular weight excluding hydrogens is 304 g/mol. The zero-order valence-corrected chi connectivity index (χ0v) is 15.0. The monoisotopic (exact) mass is 330 g/mol. The molecule has 6 nitrogen and oxygen atoms in total. The van der Waals surface area contributed by atoms with Crippen molar-refractivity contribution in [3.63, 3.8) is 0 Å². The van der Waals surface area contributed by atoms with E-state index in [2.05, 4.69) is 35.7 Å². The molecule has 2 N–H and O–H groups in total. The van der Waals surface area contributed by atoms with Gasteiger partial charge in [0.15, 0.2) is 0 Å². The molecule has 130 valence electrons. The summed E-state index contributed by atoms with van der Waals surface area (Å²) in [5.41, 5.74) is 2.74. The van der Waals surface area contributed by atoms with Crippen molar-refractivity contribution in [1.82, 2.24) is 14.6 Å². The van der Waals surface area contributed by atoms with E-state index in [-0.39, 0.29) is 5.92 Å². The first-order valence-electron chi connectivity index (χ1n) is 8.64. The van der Waals surface area contributed by atoms with Crippen LogP contribution < -0.4 is 0 Å². The number of rotatable bonds is 3. The van der Waals surface area contributed by atoms with E-state index < -0.39 is 6.10 Å². The van der Waals surface area contributed by atoms with Crippen LogP contribution in [0.2, 0.25) is 0 Å². The highest BCUT2D eigenvalue weighted by Gasteiger charge is 2.41. The average molecular weight is 330 g/mol. The summed E-state index contributed by atoms with van der Waals surface area (Å²) >= 11 is 0. The number of H-pyrrole nitrogens is 1. The third-order valence-corrected chi connectivity index (χ3v) is 5.66. The SMILES string of the molecule is [C-]#[N+]c1c(C(OO)C2C(C)CC(C)CC2C)c2nc(C)[nH]n2c1C. The van der Waals surface area contributed by atoms with E-state index in [4.69, 9.17) is 11.5 Å². The fourth-order valence-electron chi connectivity index (χ4n) is 4.83. The van der Waals surface area contributed by atoms with E-state index >= 15 is 0 Å². The third kappa shape index (κ3) is 2.52. The molecule has 1 fully saturated rings. The van der Waals surface area contributed by atoms with Gasteiger partial charge in [-0.15, -0.1) is 0 Å². The zero-order chi connectivity index (χ0) is 17.6. The minimum absolute atomic E-state index is 0.161. The molecule has 0 saturated heterocycles. The van der Waals surface area contributed by atoms with Gasteiger partial charge >= 0.3 is 0 Å². The molecule has 0 aromatic carbocycles. The number of fused-ring (bicyclic) bond motifs is 1. The summed E-state index contributed by atoms with van der Waals surface area (Å²) in [6.45, 7) is 18.1. The molecule has 2 aromatic rings. The van der Waals surface area contributed by atoms with Gasteiger partial charge in [-0.2, -0.15) is 0 Å². The lowest BCUT2D eigenvalue weighted by Crippen LogP contribution is -2.34. The zero-order valence-electron chi connectivity index (χ0n) is 15.0. The molecule has 0 aliphatic heterocycles. The Morgan fingerprint density at radius 3 is 2.46 bits per heavy atom. The maximum Gasteiger partial charge on any atom is 0.217 e. The van der Waals surface area contributed by atoms with Crippen LogP contribution in [0.1, 0.15) is 56.8 Å². The summed E-state index contributed by atoms with van der Waals surface area (Å²) < 4.78 is 1.82. The fraction of sp³-hybridized carbons (Fsp3) is 0.667. The van der Waals surface area contributed by atoms with Crippen molar-refractivity contribution >= 4 is 11.3 Å². The number of nitrogens with zero attached hydrogens (tertiary/aromatic N) is 3. The molecule has 1 saturated carbocycles. The summed E-state index contributed by atoms with van der Waals surface area (Å²) in [6, 6.07) is 0. The molecule has 3 atom stereocenters. The molecule has 24 heavy (non-hydrogen) atoms. The van der Waals surface area contributed by atoms with Gasteiger partial charge < -0.3 is 0 Å². The van der Waals surface area contributed by atoms with E-state index in [1.54, 1.807) is 0 Å². The Balaban J connectivity index is 2.15. The van der Waals surface area contributed by atoms with E-state index in [0.29, 0.717) is 34.7 Å². The minimum atomic E-state index is -0.530. The third-order valence-electron chi connectivity index (χ3n) is 5.66. The highest BCUT2D eigenvalue weighted by atomic mass is 17.1. The number of nitrogens with one attached hydrogen (secondary N) is 1. The van der Waals surface area contributed by atoms with Gasteiger partial charge in [0, 0.05) is 11.3 Å². The quantitative estimate of drug-likeness (QED) is 0.488. The molecule has 0 spiro atoms. The van der Waals surface area contributed by atoms with E-state index in [0.717, 1.165) is 24.4 Å². The van der Waals surface area contributed by atoms with Gasteiger partial charge in [-0.05, 0) is 50.4 Å². The van der Waals surface area contributed by atoms with Crippen LogP contribution in [0.3, 0.4) is 0 Å². The van der Waals surface area contributed by atoms with Crippen LogP contribution in [0.5, 0.6) is 0 Å². The van der Waals surface area contributed by atoms with Crippen LogP contribution in [0.4, 0.5) is 5.69 Å². The number of aromatic amines is 1. The highest BCUT2D eigenvalue weighted by Crippen LogP contribution is 2.49. The van der Waals surface area contributed by atoms with Crippen LogP contribution in [-0.2, 0) is 4.89 Å². The smallest absolute Gasteiger partial charge is 0.217 e. The second kappa shape index (κ2) is 6.23. The molecule has 0 bridgehead atoms. The lowest BCUT2D eigenvalue weighted by molar-refractivity contribution is -0.302. The second-order valence-electron chi connectivity index (χ2n) is 7.56. The predicted octanol–water partition coefficient (Wildman–Crippen LogP) is 4.68. The molecule has 0 radical (unpaired) electrons. The fourth-order valence-corrected chi connectivity index (χ4v) is 4.83. The maximum absolute atomic E-state index is 9.78. The van der Waals surface area contributed by atoms with Gasteiger partial charge in [0.1, 0.15) is 17.6 Å². The molecule has 1 aliphatic rings. The Hall–Kier alpha value is -1.84. The Labute approximate surface area is 142 Å². The van der Waals surface area contributed by atoms with Crippen molar-refractivity contribution in [2.45, 2.75) is 53.6 Å². The van der Waals surface area contributed by atoms with E-state index in [1.165, 1.54) is 0 Å². The Morgan fingerprint density at radius 2 is 1.92 bits per heavy atom. The van der Waals surface area contributed by atoms with Crippen LogP contribution >= 0.6 is 0 Å². The lowest BCUT2D eigenvalue weighted by atomic mass is 9.66. The molecule has 6 heteroatoms. The van der Waals surface area contributed by atoms with Gasteiger partial charge in [0.2, 0.25) is 5.69 Å². The summed E-state index contributed by atoms with van der Waals surface area (Å²) in [7, 11) is 0. The van der Waals surface area contributed by atoms with Crippen molar-refractivity contribution in [2.75, 3.05) is 0 Å². The largest absolute Gasteiger partial charge is 0.281 e. The first-order valence-corrected chi connectivity index (χ1v) is 8.64. The molecule has 2 heterocycles. The number of aromatic nitrogens is 3. The van der Waals surface area contributed by atoms with Gasteiger partial charge in [-0.3, -0.25) is 14.9 Å². The Bertz CT molecular complexity index is 773. The Morgan fingerprint density at radius 1 is 1.29 bits per heavy atom. The van der Waals surface area contributed by atoms with Gasteiger partial charge in [0.25, 0.3) is 0 Å². The Kier molecular flexibility index (Phi) is 4.41. The van der Waals surface area contributed by atoms with Crippen LogP contribution in [0.25, 0.3) is 10.5 Å². The van der Waals surface area contributed by atoms with Crippen LogP contribution in [0.15, 0.2) is 0 Å². The molecule has 2 aromatic heterocycles. The molecular formula is C18H26N4O2. The van der Waals surface area contributed by atoms with Gasteiger partial charge in [0.05, 0.1) is 6.57 Å². The second-order valence-corrected chi connectivity index (χ2v) is 7.56. The summed E-state index contributed by atoms with van der Waals surface area (Å²) in [5.74, 6) is 2.44. The highest BCUT2D eigenvalue weighted by molar-refractivity contribution is 5.71. The van der Waals surface area contributed by atoms with Crippen LogP contribution in [-0.4, -0.2) is 19.9 Å². The maximum atomic E-state index is 9.78. The number of aryl methyl sites for hydroxylation is 2. The van der Waals surface area contributed by atoms with Gasteiger partial charge in [-0.25, -0.2) is 14.7 Å². The summed E-state index contributed by atoms with van der Waals surface area (Å²) in [4.78, 5) is 13.3. The lowest BCUT2D eigenvalue weighted by Gasteiger charge is -2.41. The number of hydrogen-bond donors (Lipinski definition) is 2. The van der Waals surface area contributed by atoms with Crippen molar-refractivity contribution in [3.05, 3.63) is 28.5 Å². The molecule has 3 rings (SSSR count). The van der Waals surface area contributed by atoms with E-state index in [9.17, 15) is 5.26 Å². The first-order chi connectivity index (χ1) is 11.4. The normalized spacial score (nSPS) is 28.9. The average Bonchev–Trinajstić information content (AvgIpc) is 2.99. The standard InChI is InChI=1S/C18H26N4O2/c1-9-7-10(2)14(11(3)8-9)17(24-23)15-16(19-6)12(4)22-18(15)20-13(5)21-22/h9-11,14,17,23H,7-8H2,1-5H3,(H,20,21). The predicted molar refractivity (Wildman–Crippen MR) is 91.9 cm³/mol. The van der Waals surface area contributed by atoms with Crippen molar-refractivity contribution in [1.29, 1.82) is 0 Å². The topological polar surface area (TPSA) is 66.9 Å². The summed E-state index contributed by atoms with van der Waals surface area (Å²) in [6.07, 6.45) is 1.69. The molecule has 1 aliphatic carbocycles. The first kappa shape index (κ1) is 17.0. The van der Waals surface area contributed by atoms with Crippen molar-refractivity contribution < 1.29 is 10.1 Å². The van der Waals surface area contributed by atoms with E-state index in [1.807, 2.05) is 18.4 Å². The van der Waals surface area contributed by atoms with Gasteiger partial charge in [-0.1, -0.05) is 20.8 Å². The molecule has 0 amide bonds. The summed E-state index contributed by atoms with van der Waals surface area (Å²) in [5, 5.41) is 12.9. The van der Waals surface area contributed by atoms with Crippen molar-refractivity contribution in [3.8, 4) is 0 Å². The molecule has 3 unspecified atom stereocenters. The van der Waals surface area contributed by atoms with Crippen LogP contribution in [0, 0.1) is 44.1 Å². The number of hydrogen-bond acceptors (Lipinski definition) is 3.